The molecule has 1 N–H and O–H groups in total. The Labute approximate surface area is 201 Å². The van der Waals surface area contributed by atoms with Crippen molar-refractivity contribution in [3.05, 3.63) is 65.2 Å². The third-order valence-electron chi connectivity index (χ3n) is 6.75. The Morgan fingerprint density at radius 2 is 1.76 bits per heavy atom. The highest BCUT2D eigenvalue weighted by atomic mass is 19.1. The van der Waals surface area contributed by atoms with E-state index >= 15 is 0 Å². The van der Waals surface area contributed by atoms with Crippen molar-refractivity contribution in [2.45, 2.75) is 46.3 Å². The molecule has 2 aromatic carbocycles. The maximum atomic E-state index is 14.8. The van der Waals surface area contributed by atoms with E-state index in [9.17, 15) is 13.6 Å². The molecule has 0 aromatic heterocycles. The van der Waals surface area contributed by atoms with Crippen molar-refractivity contribution in [1.82, 2.24) is 15.1 Å². The molecule has 4 rings (SSSR count). The highest BCUT2D eigenvalue weighted by Gasteiger charge is 2.35. The van der Waals surface area contributed by atoms with Gasteiger partial charge in [-0.2, -0.15) is 0 Å². The molecule has 2 heterocycles. The van der Waals surface area contributed by atoms with Gasteiger partial charge in [0.2, 0.25) is 5.91 Å². The van der Waals surface area contributed by atoms with Gasteiger partial charge in [0.15, 0.2) is 0 Å². The summed E-state index contributed by atoms with van der Waals surface area (Å²) in [6.45, 7) is 13.3. The number of halogens is 2. The molecule has 5 nitrogen and oxygen atoms in total. The van der Waals surface area contributed by atoms with Gasteiger partial charge in [-0.3, -0.25) is 9.69 Å². The molecule has 184 valence electrons. The Bertz CT molecular complexity index is 1000. The number of hydrogen-bond acceptors (Lipinski definition) is 4. The van der Waals surface area contributed by atoms with Gasteiger partial charge in [0.05, 0.1) is 11.7 Å². The van der Waals surface area contributed by atoms with Crippen LogP contribution in [0.4, 0.5) is 14.5 Å². The van der Waals surface area contributed by atoms with Gasteiger partial charge in [-0.25, -0.2) is 8.78 Å². The highest BCUT2D eigenvalue weighted by Crippen LogP contribution is 2.34. The van der Waals surface area contributed by atoms with E-state index in [2.05, 4.69) is 41.4 Å². The second kappa shape index (κ2) is 10.0. The fourth-order valence-corrected chi connectivity index (χ4v) is 4.99. The average Bonchev–Trinajstić information content (AvgIpc) is 2.78. The minimum absolute atomic E-state index is 0.0844. The van der Waals surface area contributed by atoms with Crippen LogP contribution >= 0.6 is 0 Å². The SMILES string of the molecule is C[C@@H]1CN(Cc2ccc([C@@H]3CN(C(=O)C(C)(C)C)CCN3c3ccc(F)cc3F)cc2)CCN1. The number of benzene rings is 2. The van der Waals surface area contributed by atoms with E-state index in [-0.39, 0.29) is 11.9 Å². The predicted octanol–water partition coefficient (Wildman–Crippen LogP) is 4.19. The molecule has 0 spiro atoms. The molecule has 2 aromatic rings. The molecule has 2 fully saturated rings. The molecular weight excluding hydrogens is 434 g/mol. The number of hydrogen-bond donors (Lipinski definition) is 1. The summed E-state index contributed by atoms with van der Waals surface area (Å²) in [4.78, 5) is 19.3. The van der Waals surface area contributed by atoms with Gasteiger partial charge in [-0.1, -0.05) is 45.0 Å². The number of nitrogens with zero attached hydrogens (tertiary/aromatic N) is 3. The van der Waals surface area contributed by atoms with E-state index in [4.69, 9.17) is 0 Å². The van der Waals surface area contributed by atoms with Crippen molar-refractivity contribution in [3.8, 4) is 0 Å². The summed E-state index contributed by atoms with van der Waals surface area (Å²) in [5, 5.41) is 3.47. The summed E-state index contributed by atoms with van der Waals surface area (Å²) in [6.07, 6.45) is 0. The summed E-state index contributed by atoms with van der Waals surface area (Å²) >= 11 is 0. The number of rotatable bonds is 4. The van der Waals surface area contributed by atoms with Crippen LogP contribution < -0.4 is 10.2 Å². The zero-order valence-corrected chi connectivity index (χ0v) is 20.7. The quantitative estimate of drug-likeness (QED) is 0.727. The number of piperazine rings is 2. The summed E-state index contributed by atoms with van der Waals surface area (Å²) in [5.74, 6) is -1.09. The van der Waals surface area contributed by atoms with Crippen LogP contribution in [-0.4, -0.2) is 61.0 Å². The third-order valence-corrected chi connectivity index (χ3v) is 6.75. The molecule has 34 heavy (non-hydrogen) atoms. The average molecular weight is 471 g/mol. The summed E-state index contributed by atoms with van der Waals surface area (Å²) < 4.78 is 28.3. The summed E-state index contributed by atoms with van der Waals surface area (Å²) in [5.41, 5.74) is 2.13. The van der Waals surface area contributed by atoms with Gasteiger partial charge < -0.3 is 15.1 Å². The number of carbonyl (C=O) groups is 1. The maximum absolute atomic E-state index is 14.8. The van der Waals surface area contributed by atoms with Gasteiger partial charge in [0.25, 0.3) is 0 Å². The van der Waals surface area contributed by atoms with Crippen LogP contribution in [0.5, 0.6) is 0 Å². The van der Waals surface area contributed by atoms with Crippen LogP contribution in [0.1, 0.15) is 44.9 Å². The molecule has 1 amide bonds. The fraction of sp³-hybridized carbons (Fsp3) is 0.519. The lowest BCUT2D eigenvalue weighted by atomic mass is 9.92. The molecule has 0 aliphatic carbocycles. The van der Waals surface area contributed by atoms with Gasteiger partial charge in [0, 0.05) is 63.3 Å². The normalized spacial score (nSPS) is 22.2. The number of anilines is 1. The molecular formula is C27H36F2N4O. The van der Waals surface area contributed by atoms with Crippen LogP contribution in [-0.2, 0) is 11.3 Å². The van der Waals surface area contributed by atoms with Crippen LogP contribution in [0.3, 0.4) is 0 Å². The molecule has 0 unspecified atom stereocenters. The Hall–Kier alpha value is -2.51. The molecule has 2 aliphatic heterocycles. The minimum atomic E-state index is -0.592. The Kier molecular flexibility index (Phi) is 7.24. The van der Waals surface area contributed by atoms with E-state index in [1.165, 1.54) is 17.7 Å². The Morgan fingerprint density at radius 3 is 2.41 bits per heavy atom. The van der Waals surface area contributed by atoms with E-state index in [1.54, 1.807) is 0 Å². The fourth-order valence-electron chi connectivity index (χ4n) is 4.99. The summed E-state index contributed by atoms with van der Waals surface area (Å²) in [6, 6.07) is 12.4. The Morgan fingerprint density at radius 1 is 1.03 bits per heavy atom. The third kappa shape index (κ3) is 5.58. The zero-order valence-electron chi connectivity index (χ0n) is 20.7. The first-order valence-electron chi connectivity index (χ1n) is 12.2. The highest BCUT2D eigenvalue weighted by molar-refractivity contribution is 5.82. The molecule has 2 saturated heterocycles. The topological polar surface area (TPSA) is 38.8 Å². The van der Waals surface area contributed by atoms with Crippen molar-refractivity contribution in [2.75, 3.05) is 44.2 Å². The van der Waals surface area contributed by atoms with Crippen LogP contribution in [0.2, 0.25) is 0 Å². The van der Waals surface area contributed by atoms with Crippen molar-refractivity contribution < 1.29 is 13.6 Å². The van der Waals surface area contributed by atoms with Gasteiger partial charge >= 0.3 is 0 Å². The van der Waals surface area contributed by atoms with E-state index < -0.39 is 17.0 Å². The standard InChI is InChI=1S/C27H36F2N4O/c1-19-16-31(12-11-30-19)17-20-5-7-21(8-6-20)25-18-32(26(34)27(2,3)4)13-14-33(25)24-10-9-22(28)15-23(24)29/h5-10,15,19,25,30H,11-14,16-18H2,1-4H3/t19-,25+/m1/s1. The maximum Gasteiger partial charge on any atom is 0.228 e. The first kappa shape index (κ1) is 24.6. The van der Waals surface area contributed by atoms with Gasteiger partial charge in [-0.15, -0.1) is 0 Å². The predicted molar refractivity (Wildman–Crippen MR) is 132 cm³/mol. The molecule has 7 heteroatoms. The molecule has 2 aliphatic rings. The van der Waals surface area contributed by atoms with Gasteiger partial charge in [-0.05, 0) is 30.2 Å². The van der Waals surface area contributed by atoms with E-state index in [0.717, 1.165) is 37.8 Å². The lowest BCUT2D eigenvalue weighted by Crippen LogP contribution is -2.53. The Balaban J connectivity index is 1.58. The monoisotopic (exact) mass is 470 g/mol. The summed E-state index contributed by atoms with van der Waals surface area (Å²) in [7, 11) is 0. The second-order valence-corrected chi connectivity index (χ2v) is 10.6. The number of nitrogens with one attached hydrogen (secondary N) is 1. The van der Waals surface area contributed by atoms with Crippen molar-refractivity contribution in [1.29, 1.82) is 0 Å². The van der Waals surface area contributed by atoms with Crippen molar-refractivity contribution in [3.63, 3.8) is 0 Å². The largest absolute Gasteiger partial charge is 0.359 e. The van der Waals surface area contributed by atoms with Crippen LogP contribution in [0.25, 0.3) is 0 Å². The minimum Gasteiger partial charge on any atom is -0.359 e. The molecule has 0 bridgehead atoms. The lowest BCUT2D eigenvalue weighted by Gasteiger charge is -2.44. The molecule has 0 radical (unpaired) electrons. The zero-order chi connectivity index (χ0) is 24.5. The lowest BCUT2D eigenvalue weighted by molar-refractivity contribution is -0.140. The first-order chi connectivity index (χ1) is 16.1. The van der Waals surface area contributed by atoms with Crippen molar-refractivity contribution in [2.24, 2.45) is 5.41 Å². The number of amides is 1. The van der Waals surface area contributed by atoms with Crippen molar-refractivity contribution >= 4 is 11.6 Å². The second-order valence-electron chi connectivity index (χ2n) is 10.6. The first-order valence-corrected chi connectivity index (χ1v) is 12.2. The van der Waals surface area contributed by atoms with Gasteiger partial charge in [0.1, 0.15) is 11.6 Å². The van der Waals surface area contributed by atoms with E-state index in [0.29, 0.717) is 31.4 Å². The molecule has 2 atom stereocenters. The molecule has 0 saturated carbocycles. The van der Waals surface area contributed by atoms with E-state index in [1.807, 2.05) is 30.6 Å². The smallest absolute Gasteiger partial charge is 0.228 e. The van der Waals surface area contributed by atoms with Crippen LogP contribution in [0, 0.1) is 17.0 Å². The number of carbonyl (C=O) groups excluding carboxylic acids is 1. The van der Waals surface area contributed by atoms with Crippen LogP contribution in [0.15, 0.2) is 42.5 Å².